The normalized spacial score (nSPS) is 17.4. The minimum Gasteiger partial charge on any atom is -0.441 e. The lowest BCUT2D eigenvalue weighted by Crippen LogP contribution is -2.53. The molecule has 2 aromatic carbocycles. The number of amides is 1. The second-order valence-electron chi connectivity index (χ2n) is 7.34. The number of likely N-dealkylation sites (tertiary alicyclic amines) is 1. The highest BCUT2D eigenvalue weighted by atomic mass is 16.6. The molecule has 0 saturated carbocycles. The van der Waals surface area contributed by atoms with Crippen LogP contribution >= 0.6 is 0 Å². The third-order valence-electron chi connectivity index (χ3n) is 5.50. The maximum Gasteiger partial charge on any atom is 0.405 e. The van der Waals surface area contributed by atoms with Crippen LogP contribution < -0.4 is 10.2 Å². The summed E-state index contributed by atoms with van der Waals surface area (Å²) < 4.78 is 6.44. The van der Waals surface area contributed by atoms with Crippen molar-refractivity contribution in [2.24, 2.45) is 5.73 Å². The summed E-state index contributed by atoms with van der Waals surface area (Å²) in [7, 11) is 0. The smallest absolute Gasteiger partial charge is 0.405 e. The van der Waals surface area contributed by atoms with Crippen LogP contribution in [0.3, 0.4) is 0 Å². The summed E-state index contributed by atoms with van der Waals surface area (Å²) in [5, 5.41) is 0. The molecule has 4 nitrogen and oxygen atoms in total. The fourth-order valence-electron chi connectivity index (χ4n) is 4.05. The van der Waals surface area contributed by atoms with Crippen molar-refractivity contribution in [3.8, 4) is 0 Å². The molecule has 26 heavy (non-hydrogen) atoms. The third kappa shape index (κ3) is 4.44. The van der Waals surface area contributed by atoms with Crippen molar-refractivity contribution in [3.63, 3.8) is 0 Å². The number of hydrogen-bond donors (Lipinski definition) is 1. The molecule has 1 aliphatic heterocycles. The standard InChI is InChI=1S/C22H28N2O2/c1-18-10-12-19(13-11-18)21(26-22(23)25)14-17-24(15-6-3-7-16-24)20-8-4-2-5-9-20/h2,4-5,8-13,21H,3,6-7,14-17H2,1H3,(H-,23,25)/p+1. The van der Waals surface area contributed by atoms with E-state index in [-0.39, 0.29) is 6.10 Å². The number of rotatable bonds is 6. The summed E-state index contributed by atoms with van der Waals surface area (Å²) in [5.41, 5.74) is 8.90. The third-order valence-corrected chi connectivity index (χ3v) is 5.50. The predicted molar refractivity (Wildman–Crippen MR) is 106 cm³/mol. The van der Waals surface area contributed by atoms with Gasteiger partial charge in [-0.05, 0) is 43.9 Å². The molecule has 2 aromatic rings. The molecule has 1 amide bonds. The average molecular weight is 353 g/mol. The van der Waals surface area contributed by atoms with E-state index < -0.39 is 6.09 Å². The highest BCUT2D eigenvalue weighted by molar-refractivity contribution is 5.65. The number of quaternary nitrogens is 1. The van der Waals surface area contributed by atoms with Crippen molar-refractivity contribution in [2.45, 2.75) is 38.7 Å². The average Bonchev–Trinajstić information content (AvgIpc) is 2.67. The fraction of sp³-hybridized carbons (Fsp3) is 0.409. The van der Waals surface area contributed by atoms with Gasteiger partial charge in [0, 0.05) is 6.42 Å². The van der Waals surface area contributed by atoms with Crippen molar-refractivity contribution in [3.05, 3.63) is 65.7 Å². The van der Waals surface area contributed by atoms with E-state index in [1.165, 1.54) is 30.5 Å². The van der Waals surface area contributed by atoms with E-state index in [1.807, 2.05) is 12.1 Å². The SMILES string of the molecule is Cc1ccc(C(CC[N+]2(c3ccccc3)CCCCC2)OC(N)=O)cc1. The number of nitrogens with zero attached hydrogens (tertiary/aromatic N) is 1. The number of nitrogens with two attached hydrogens (primary N) is 1. The van der Waals surface area contributed by atoms with Crippen LogP contribution in [0.5, 0.6) is 0 Å². The Balaban J connectivity index is 1.80. The van der Waals surface area contributed by atoms with E-state index in [0.29, 0.717) is 0 Å². The Kier molecular flexibility index (Phi) is 5.94. The van der Waals surface area contributed by atoms with Crippen LogP contribution in [0.4, 0.5) is 10.5 Å². The Morgan fingerprint density at radius 3 is 2.31 bits per heavy atom. The van der Waals surface area contributed by atoms with Gasteiger partial charge in [-0.1, -0.05) is 48.0 Å². The summed E-state index contributed by atoms with van der Waals surface area (Å²) >= 11 is 0. The van der Waals surface area contributed by atoms with Crippen molar-refractivity contribution in [2.75, 3.05) is 19.6 Å². The molecule has 1 fully saturated rings. The molecule has 1 unspecified atom stereocenters. The molecule has 3 rings (SSSR count). The predicted octanol–water partition coefficient (Wildman–Crippen LogP) is 4.71. The lowest BCUT2D eigenvalue weighted by molar-refractivity contribution is 0.0898. The Bertz CT molecular complexity index is 707. The molecule has 2 N–H and O–H groups in total. The van der Waals surface area contributed by atoms with Gasteiger partial charge in [-0.25, -0.2) is 4.79 Å². The van der Waals surface area contributed by atoms with Crippen molar-refractivity contribution >= 4 is 11.8 Å². The van der Waals surface area contributed by atoms with Crippen LogP contribution in [-0.4, -0.2) is 25.7 Å². The Morgan fingerprint density at radius 1 is 1.04 bits per heavy atom. The van der Waals surface area contributed by atoms with Crippen molar-refractivity contribution in [1.82, 2.24) is 4.48 Å². The minimum atomic E-state index is -0.708. The number of hydrogen-bond acceptors (Lipinski definition) is 2. The second kappa shape index (κ2) is 8.37. The molecule has 138 valence electrons. The van der Waals surface area contributed by atoms with Crippen molar-refractivity contribution < 1.29 is 9.53 Å². The van der Waals surface area contributed by atoms with Gasteiger partial charge in [0.2, 0.25) is 0 Å². The van der Waals surface area contributed by atoms with E-state index in [0.717, 1.165) is 36.1 Å². The molecule has 0 aliphatic carbocycles. The van der Waals surface area contributed by atoms with E-state index in [9.17, 15) is 4.79 Å². The van der Waals surface area contributed by atoms with Gasteiger partial charge >= 0.3 is 6.09 Å². The number of carbonyl (C=O) groups is 1. The number of ether oxygens (including phenoxy) is 1. The zero-order valence-electron chi connectivity index (χ0n) is 15.6. The van der Waals surface area contributed by atoms with Crippen LogP contribution in [0.15, 0.2) is 54.6 Å². The summed E-state index contributed by atoms with van der Waals surface area (Å²) in [6, 6.07) is 18.9. The lowest BCUT2D eigenvalue weighted by Gasteiger charge is -2.41. The summed E-state index contributed by atoms with van der Waals surface area (Å²) in [5.74, 6) is 0. The van der Waals surface area contributed by atoms with E-state index >= 15 is 0 Å². The maximum absolute atomic E-state index is 11.4. The molecule has 0 aromatic heterocycles. The first kappa shape index (κ1) is 18.5. The molecule has 0 radical (unpaired) electrons. The van der Waals surface area contributed by atoms with Gasteiger partial charge in [0.15, 0.2) is 0 Å². The summed E-state index contributed by atoms with van der Waals surface area (Å²) in [4.78, 5) is 11.4. The van der Waals surface area contributed by atoms with E-state index in [4.69, 9.17) is 10.5 Å². The molecule has 4 heteroatoms. The van der Waals surface area contributed by atoms with Gasteiger partial charge in [0.05, 0.1) is 19.6 Å². The zero-order valence-corrected chi connectivity index (χ0v) is 15.6. The molecule has 0 bridgehead atoms. The largest absolute Gasteiger partial charge is 0.441 e. The molecular formula is C22H29N2O2+. The Morgan fingerprint density at radius 2 is 1.69 bits per heavy atom. The fourth-order valence-corrected chi connectivity index (χ4v) is 4.05. The number of carbonyl (C=O) groups excluding carboxylic acids is 1. The number of primary amides is 1. The molecule has 0 spiro atoms. The monoisotopic (exact) mass is 353 g/mol. The van der Waals surface area contributed by atoms with Crippen LogP contribution in [-0.2, 0) is 4.74 Å². The van der Waals surface area contributed by atoms with Crippen LogP contribution in [0, 0.1) is 6.92 Å². The van der Waals surface area contributed by atoms with Crippen LogP contribution in [0.2, 0.25) is 0 Å². The molecule has 1 heterocycles. The van der Waals surface area contributed by atoms with Gasteiger partial charge in [0.1, 0.15) is 11.8 Å². The van der Waals surface area contributed by atoms with Crippen molar-refractivity contribution in [1.29, 1.82) is 0 Å². The molecular weight excluding hydrogens is 324 g/mol. The van der Waals surface area contributed by atoms with Crippen LogP contribution in [0.25, 0.3) is 0 Å². The highest BCUT2D eigenvalue weighted by Gasteiger charge is 2.33. The minimum absolute atomic E-state index is 0.297. The maximum atomic E-state index is 11.4. The van der Waals surface area contributed by atoms with Crippen LogP contribution in [0.1, 0.15) is 42.9 Å². The van der Waals surface area contributed by atoms with Gasteiger partial charge in [0.25, 0.3) is 0 Å². The number of para-hydroxylation sites is 1. The van der Waals surface area contributed by atoms with Gasteiger partial charge in [-0.2, -0.15) is 0 Å². The molecule has 1 aliphatic rings. The van der Waals surface area contributed by atoms with Gasteiger partial charge in [-0.3, -0.25) is 4.48 Å². The Hall–Kier alpha value is -2.33. The number of benzene rings is 2. The topological polar surface area (TPSA) is 52.3 Å². The first-order valence-electron chi connectivity index (χ1n) is 9.53. The second-order valence-corrected chi connectivity index (χ2v) is 7.34. The number of aryl methyl sites for hydroxylation is 1. The first-order chi connectivity index (χ1) is 12.6. The highest BCUT2D eigenvalue weighted by Crippen LogP contribution is 2.31. The molecule has 1 atom stereocenters. The lowest BCUT2D eigenvalue weighted by atomic mass is 10.0. The van der Waals surface area contributed by atoms with Gasteiger partial charge < -0.3 is 10.5 Å². The molecule has 1 saturated heterocycles. The quantitative estimate of drug-likeness (QED) is 0.765. The Labute approximate surface area is 156 Å². The van der Waals surface area contributed by atoms with E-state index in [2.05, 4.69) is 49.4 Å². The van der Waals surface area contributed by atoms with Gasteiger partial charge in [-0.15, -0.1) is 0 Å². The summed E-state index contributed by atoms with van der Waals surface area (Å²) in [6.45, 7) is 5.27. The first-order valence-corrected chi connectivity index (χ1v) is 9.53. The zero-order chi connectivity index (χ0) is 18.4. The van der Waals surface area contributed by atoms with E-state index in [1.54, 1.807) is 0 Å². The number of piperidine rings is 1. The summed E-state index contributed by atoms with van der Waals surface area (Å²) in [6.07, 6.45) is 3.53.